The average molecular weight is 275 g/mol. The first-order chi connectivity index (χ1) is 9.11. The van der Waals surface area contributed by atoms with E-state index in [-0.39, 0.29) is 5.41 Å². The Morgan fingerprint density at radius 1 is 1.10 bits per heavy atom. The molecule has 0 unspecified atom stereocenters. The molecule has 4 nitrogen and oxygen atoms in total. The van der Waals surface area contributed by atoms with Crippen molar-refractivity contribution in [2.45, 2.75) is 40.0 Å². The molecule has 0 atom stereocenters. The number of carbonyl (C=O) groups excluding carboxylic acids is 1. The smallest absolute Gasteiger partial charge is 0.328 e. The number of benzene rings is 1. The Morgan fingerprint density at radius 3 is 2.00 bits per heavy atom. The van der Waals surface area contributed by atoms with E-state index >= 15 is 0 Å². The zero-order valence-electron chi connectivity index (χ0n) is 12.6. The molecule has 0 saturated heterocycles. The summed E-state index contributed by atoms with van der Waals surface area (Å²) in [5, 5.41) is 11.2. The molecule has 0 aliphatic heterocycles. The molecule has 0 heterocycles. The predicted octanol–water partition coefficient (Wildman–Crippen LogP) is 3.18. The molecule has 0 aliphatic carbocycles. The number of anilines is 1. The van der Waals surface area contributed by atoms with Crippen molar-refractivity contribution in [1.29, 1.82) is 0 Å². The fourth-order valence-electron chi connectivity index (χ4n) is 1.91. The molecule has 0 spiro atoms. The van der Waals surface area contributed by atoms with Crippen molar-refractivity contribution in [2.24, 2.45) is 0 Å². The van der Waals surface area contributed by atoms with Crippen LogP contribution < -0.4 is 5.32 Å². The minimum Gasteiger partial charge on any atom is -0.478 e. The van der Waals surface area contributed by atoms with E-state index in [2.05, 4.69) is 26.1 Å². The first-order valence-corrected chi connectivity index (χ1v) is 6.45. The highest BCUT2D eigenvalue weighted by Gasteiger charge is 2.16. The maximum absolute atomic E-state index is 11.6. The van der Waals surface area contributed by atoms with Crippen LogP contribution in [0.3, 0.4) is 0 Å². The van der Waals surface area contributed by atoms with Gasteiger partial charge in [-0.25, -0.2) is 4.79 Å². The van der Waals surface area contributed by atoms with Crippen molar-refractivity contribution < 1.29 is 14.7 Å². The van der Waals surface area contributed by atoms with Gasteiger partial charge in [-0.15, -0.1) is 0 Å². The van der Waals surface area contributed by atoms with Crippen LogP contribution in [0.1, 0.15) is 37.5 Å². The Bertz CT molecular complexity index is 543. The summed E-state index contributed by atoms with van der Waals surface area (Å²) in [5.41, 5.74) is 3.91. The molecular weight excluding hydrogens is 254 g/mol. The van der Waals surface area contributed by atoms with Crippen molar-refractivity contribution in [1.82, 2.24) is 0 Å². The highest BCUT2D eigenvalue weighted by molar-refractivity contribution is 6.03. The normalized spacial score (nSPS) is 11.7. The summed E-state index contributed by atoms with van der Waals surface area (Å²) in [6.45, 7) is 10.3. The summed E-state index contributed by atoms with van der Waals surface area (Å²) in [4.78, 5) is 22.0. The van der Waals surface area contributed by atoms with Gasteiger partial charge in [-0.2, -0.15) is 0 Å². The fraction of sp³-hybridized carbons (Fsp3) is 0.375. The number of carbonyl (C=O) groups is 2. The van der Waals surface area contributed by atoms with E-state index < -0.39 is 11.9 Å². The Hall–Kier alpha value is -2.10. The van der Waals surface area contributed by atoms with Crippen LogP contribution in [0.4, 0.5) is 5.69 Å². The lowest BCUT2D eigenvalue weighted by Gasteiger charge is -2.22. The minimum absolute atomic E-state index is 0.0429. The summed E-state index contributed by atoms with van der Waals surface area (Å²) in [5.74, 6) is -1.58. The Balaban J connectivity index is 3.04. The van der Waals surface area contributed by atoms with Crippen molar-refractivity contribution in [3.63, 3.8) is 0 Å². The van der Waals surface area contributed by atoms with Gasteiger partial charge in [-0.1, -0.05) is 32.9 Å². The molecule has 20 heavy (non-hydrogen) atoms. The van der Waals surface area contributed by atoms with E-state index in [4.69, 9.17) is 5.11 Å². The predicted molar refractivity (Wildman–Crippen MR) is 80.0 cm³/mol. The second kappa shape index (κ2) is 5.90. The van der Waals surface area contributed by atoms with Crippen molar-refractivity contribution in [3.05, 3.63) is 41.0 Å². The molecule has 0 saturated carbocycles. The van der Waals surface area contributed by atoms with Crippen molar-refractivity contribution in [2.75, 3.05) is 5.32 Å². The van der Waals surface area contributed by atoms with Crippen molar-refractivity contribution in [3.8, 4) is 0 Å². The minimum atomic E-state index is -1.14. The van der Waals surface area contributed by atoms with E-state index in [1.807, 2.05) is 26.0 Å². The molecule has 1 aromatic rings. The third-order valence-electron chi connectivity index (χ3n) is 3.02. The third kappa shape index (κ3) is 4.23. The van der Waals surface area contributed by atoms with Gasteiger partial charge in [0.25, 0.3) is 0 Å². The topological polar surface area (TPSA) is 66.4 Å². The van der Waals surface area contributed by atoms with Crippen LogP contribution in [0.2, 0.25) is 0 Å². The number of hydrogen-bond acceptors (Lipinski definition) is 2. The molecule has 0 aliphatic rings. The Morgan fingerprint density at radius 2 is 1.60 bits per heavy atom. The number of aryl methyl sites for hydroxylation is 2. The number of nitrogens with one attached hydrogen (secondary N) is 1. The van der Waals surface area contributed by atoms with Crippen LogP contribution in [0.5, 0.6) is 0 Å². The summed E-state index contributed by atoms with van der Waals surface area (Å²) < 4.78 is 0. The maximum atomic E-state index is 11.6. The number of hydrogen-bond donors (Lipinski definition) is 2. The molecule has 4 heteroatoms. The second-order valence-corrected chi connectivity index (χ2v) is 5.90. The molecule has 108 valence electrons. The number of rotatable bonds is 3. The number of aliphatic carboxylic acids is 1. The van der Waals surface area contributed by atoms with Gasteiger partial charge in [0, 0.05) is 17.8 Å². The van der Waals surface area contributed by atoms with Crippen LogP contribution in [-0.2, 0) is 15.0 Å². The van der Waals surface area contributed by atoms with Gasteiger partial charge in [0.1, 0.15) is 0 Å². The number of carboxylic acids is 1. The van der Waals surface area contributed by atoms with E-state index in [0.717, 1.165) is 29.0 Å². The van der Waals surface area contributed by atoms with Crippen molar-refractivity contribution >= 4 is 17.6 Å². The molecule has 0 radical (unpaired) electrons. The summed E-state index contributed by atoms with van der Waals surface area (Å²) in [7, 11) is 0. The monoisotopic (exact) mass is 275 g/mol. The van der Waals surface area contributed by atoms with Gasteiger partial charge in [0.15, 0.2) is 0 Å². The zero-order chi connectivity index (χ0) is 15.5. The molecular formula is C16H21NO3. The summed E-state index contributed by atoms with van der Waals surface area (Å²) in [6, 6.07) is 4.09. The molecule has 0 fully saturated rings. The highest BCUT2D eigenvalue weighted by Crippen LogP contribution is 2.29. The van der Waals surface area contributed by atoms with Crippen LogP contribution in [-0.4, -0.2) is 17.0 Å². The first kappa shape index (κ1) is 16.0. The molecule has 2 N–H and O–H groups in total. The molecule has 0 aromatic heterocycles. The van der Waals surface area contributed by atoms with Crippen LogP contribution >= 0.6 is 0 Å². The number of carboxylic acid groups (broad SMARTS) is 1. The molecule has 1 amide bonds. The maximum Gasteiger partial charge on any atom is 0.328 e. The highest BCUT2D eigenvalue weighted by atomic mass is 16.4. The third-order valence-corrected chi connectivity index (χ3v) is 3.02. The largest absolute Gasteiger partial charge is 0.478 e. The first-order valence-electron chi connectivity index (χ1n) is 6.45. The van der Waals surface area contributed by atoms with Gasteiger partial charge in [-0.3, -0.25) is 4.79 Å². The second-order valence-electron chi connectivity index (χ2n) is 5.90. The summed E-state index contributed by atoms with van der Waals surface area (Å²) in [6.07, 6.45) is 1.84. The van der Waals surface area contributed by atoms with E-state index in [1.54, 1.807) is 0 Å². The Kier molecular flexibility index (Phi) is 4.71. The molecule has 1 rings (SSSR count). The lowest BCUT2D eigenvalue weighted by atomic mass is 9.85. The van der Waals surface area contributed by atoms with Crippen LogP contribution in [0, 0.1) is 13.8 Å². The zero-order valence-corrected chi connectivity index (χ0v) is 12.6. The van der Waals surface area contributed by atoms with Gasteiger partial charge in [0.2, 0.25) is 5.91 Å². The lowest BCUT2D eigenvalue weighted by molar-refractivity contribution is -0.131. The van der Waals surface area contributed by atoms with E-state index in [1.165, 1.54) is 5.56 Å². The van der Waals surface area contributed by atoms with E-state index in [9.17, 15) is 9.59 Å². The van der Waals surface area contributed by atoms with Gasteiger partial charge in [0.05, 0.1) is 0 Å². The number of amides is 1. The molecule has 0 bridgehead atoms. The van der Waals surface area contributed by atoms with Gasteiger partial charge >= 0.3 is 5.97 Å². The van der Waals surface area contributed by atoms with E-state index in [0.29, 0.717) is 0 Å². The van der Waals surface area contributed by atoms with Crippen LogP contribution in [0.25, 0.3) is 0 Å². The standard InChI is InChI=1S/C16H21NO3/c1-10-8-12(16(3,4)5)9-11(2)15(10)17-13(18)6-7-14(19)20/h6-9H,1-5H3,(H,17,18)(H,19,20). The van der Waals surface area contributed by atoms with Gasteiger partial charge < -0.3 is 10.4 Å². The average Bonchev–Trinajstić information content (AvgIpc) is 2.29. The lowest BCUT2D eigenvalue weighted by Crippen LogP contribution is -2.15. The van der Waals surface area contributed by atoms with Crippen LogP contribution in [0.15, 0.2) is 24.3 Å². The summed E-state index contributed by atoms with van der Waals surface area (Å²) >= 11 is 0. The van der Waals surface area contributed by atoms with Gasteiger partial charge in [-0.05, 0) is 36.0 Å². The fourth-order valence-corrected chi connectivity index (χ4v) is 1.91. The Labute approximate surface area is 119 Å². The molecule has 1 aromatic carbocycles. The SMILES string of the molecule is Cc1cc(C(C)(C)C)cc(C)c1NC(=O)C=CC(=O)O. The quantitative estimate of drug-likeness (QED) is 0.833.